The summed E-state index contributed by atoms with van der Waals surface area (Å²) in [6.07, 6.45) is 0. The maximum atomic E-state index is 9.01. The smallest absolute Gasteiger partial charge is 0.143 e. The highest BCUT2D eigenvalue weighted by molar-refractivity contribution is 8.14. The molecule has 0 aliphatic rings. The number of benzene rings is 1. The Labute approximate surface area is 120 Å². The molecule has 1 aromatic carbocycles. The summed E-state index contributed by atoms with van der Waals surface area (Å²) < 4.78 is 0. The average Bonchev–Trinajstić information content (AvgIpc) is 2.40. The number of oxime groups is 1. The summed E-state index contributed by atoms with van der Waals surface area (Å²) in [6.45, 7) is 7.46. The Morgan fingerprint density at radius 2 is 1.83 bits per heavy atom. The second-order valence-electron chi connectivity index (χ2n) is 3.65. The van der Waals surface area contributed by atoms with E-state index in [0.717, 1.165) is 31.0 Å². The molecule has 3 nitrogen and oxygen atoms in total. The van der Waals surface area contributed by atoms with Gasteiger partial charge in [0.15, 0.2) is 0 Å². The third kappa shape index (κ3) is 5.76. The van der Waals surface area contributed by atoms with Crippen LogP contribution in [0.25, 0.3) is 0 Å². The van der Waals surface area contributed by atoms with Crippen molar-refractivity contribution in [1.82, 2.24) is 4.90 Å². The SMILES string of the molecule is CCN(CC)CCS/C(=N/O)c1ccccc1.[Cl-]. The van der Waals surface area contributed by atoms with Gasteiger partial charge in [-0.15, -0.1) is 11.8 Å². The summed E-state index contributed by atoms with van der Waals surface area (Å²) >= 11 is 1.59. The molecule has 0 aliphatic carbocycles. The third-order valence-corrected chi connectivity index (χ3v) is 3.63. The first-order chi connectivity index (χ1) is 8.31. The first-order valence-electron chi connectivity index (χ1n) is 5.94. The van der Waals surface area contributed by atoms with Gasteiger partial charge in [-0.25, -0.2) is 0 Å². The van der Waals surface area contributed by atoms with Gasteiger partial charge in [0, 0.05) is 17.9 Å². The van der Waals surface area contributed by atoms with Gasteiger partial charge >= 0.3 is 0 Å². The molecular formula is C13H20ClN2OS-. The van der Waals surface area contributed by atoms with Gasteiger partial charge < -0.3 is 22.5 Å². The first kappa shape index (κ1) is 17.3. The van der Waals surface area contributed by atoms with Crippen LogP contribution in [0.3, 0.4) is 0 Å². The van der Waals surface area contributed by atoms with Crippen molar-refractivity contribution in [2.24, 2.45) is 5.16 Å². The van der Waals surface area contributed by atoms with Crippen LogP contribution in [0.15, 0.2) is 35.5 Å². The van der Waals surface area contributed by atoms with Gasteiger partial charge in [0.05, 0.1) is 0 Å². The Kier molecular flexibility index (Phi) is 9.83. The van der Waals surface area contributed by atoms with Crippen molar-refractivity contribution in [3.05, 3.63) is 35.9 Å². The predicted octanol–water partition coefficient (Wildman–Crippen LogP) is -0.0986. The van der Waals surface area contributed by atoms with Gasteiger partial charge in [-0.2, -0.15) is 0 Å². The van der Waals surface area contributed by atoms with Crippen LogP contribution in [-0.2, 0) is 0 Å². The third-order valence-electron chi connectivity index (χ3n) is 2.65. The number of hydrogen-bond acceptors (Lipinski definition) is 4. The maximum absolute atomic E-state index is 9.01. The lowest BCUT2D eigenvalue weighted by Crippen LogP contribution is -3.00. The first-order valence-corrected chi connectivity index (χ1v) is 6.93. The molecular weight excluding hydrogens is 268 g/mol. The van der Waals surface area contributed by atoms with Crippen LogP contribution >= 0.6 is 11.8 Å². The van der Waals surface area contributed by atoms with Crippen molar-refractivity contribution >= 4 is 16.8 Å². The minimum absolute atomic E-state index is 0. The van der Waals surface area contributed by atoms with Crippen LogP contribution in [0.4, 0.5) is 0 Å². The van der Waals surface area contributed by atoms with E-state index in [4.69, 9.17) is 5.21 Å². The van der Waals surface area contributed by atoms with Gasteiger partial charge in [-0.1, -0.05) is 49.3 Å². The zero-order valence-corrected chi connectivity index (χ0v) is 12.4. The van der Waals surface area contributed by atoms with Gasteiger partial charge in [0.2, 0.25) is 0 Å². The molecule has 0 spiro atoms. The fourth-order valence-electron chi connectivity index (χ4n) is 1.56. The van der Waals surface area contributed by atoms with Gasteiger partial charge in [-0.3, -0.25) is 0 Å². The minimum Gasteiger partial charge on any atom is -1.00 e. The number of hydrogen-bond donors (Lipinski definition) is 1. The molecule has 0 fully saturated rings. The summed E-state index contributed by atoms with van der Waals surface area (Å²) in [5.74, 6) is 0.940. The van der Waals surface area contributed by atoms with Crippen molar-refractivity contribution in [3.8, 4) is 0 Å². The zero-order valence-electron chi connectivity index (χ0n) is 10.8. The average molecular weight is 288 g/mol. The van der Waals surface area contributed by atoms with E-state index in [1.54, 1.807) is 11.8 Å². The number of nitrogens with zero attached hydrogens (tertiary/aromatic N) is 2. The molecule has 1 rings (SSSR count). The van der Waals surface area contributed by atoms with Crippen LogP contribution in [-0.4, -0.2) is 40.5 Å². The van der Waals surface area contributed by atoms with Crippen LogP contribution in [0.5, 0.6) is 0 Å². The normalized spacial score (nSPS) is 11.4. The molecule has 0 aromatic heterocycles. The quantitative estimate of drug-likeness (QED) is 0.344. The summed E-state index contributed by atoms with van der Waals surface area (Å²) in [7, 11) is 0. The van der Waals surface area contributed by atoms with Crippen LogP contribution in [0.2, 0.25) is 0 Å². The second kappa shape index (κ2) is 10.2. The predicted molar refractivity (Wildman–Crippen MR) is 75.0 cm³/mol. The molecule has 5 heteroatoms. The van der Waals surface area contributed by atoms with Crippen LogP contribution in [0, 0.1) is 0 Å². The summed E-state index contributed by atoms with van der Waals surface area (Å²) in [5.41, 5.74) is 0.972. The second-order valence-corrected chi connectivity index (χ2v) is 4.73. The van der Waals surface area contributed by atoms with E-state index in [-0.39, 0.29) is 12.4 Å². The highest BCUT2D eigenvalue weighted by Gasteiger charge is 2.05. The molecule has 18 heavy (non-hydrogen) atoms. The highest BCUT2D eigenvalue weighted by Crippen LogP contribution is 2.13. The molecule has 0 radical (unpaired) electrons. The molecule has 1 aromatic rings. The summed E-state index contributed by atoms with van der Waals surface area (Å²) in [4.78, 5) is 2.35. The fourth-order valence-corrected chi connectivity index (χ4v) is 2.47. The fraction of sp³-hybridized carbons (Fsp3) is 0.462. The highest BCUT2D eigenvalue weighted by atomic mass is 35.5. The standard InChI is InChI=1S/C13H20N2OS.ClH/c1-3-15(4-2)10-11-17-13(14-16)12-8-6-5-7-9-12;/h5-9,16H,3-4,10-11H2,1-2H3;1H/p-1/b14-13+;. The molecule has 0 saturated heterocycles. The van der Waals surface area contributed by atoms with E-state index >= 15 is 0 Å². The summed E-state index contributed by atoms with van der Waals surface area (Å²) in [6, 6.07) is 9.77. The molecule has 0 saturated carbocycles. The topological polar surface area (TPSA) is 35.8 Å². The lowest BCUT2D eigenvalue weighted by Gasteiger charge is -2.17. The Bertz CT molecular complexity index is 342. The van der Waals surface area contributed by atoms with Gasteiger partial charge in [-0.05, 0) is 13.1 Å². The van der Waals surface area contributed by atoms with Crippen molar-refractivity contribution in [2.45, 2.75) is 13.8 Å². The molecule has 0 atom stereocenters. The van der Waals surface area contributed by atoms with Gasteiger partial charge in [0.25, 0.3) is 0 Å². The molecule has 0 unspecified atom stereocenters. The largest absolute Gasteiger partial charge is 1.00 e. The zero-order chi connectivity index (χ0) is 12.5. The van der Waals surface area contributed by atoms with Gasteiger partial charge in [0.1, 0.15) is 5.04 Å². The number of rotatable bonds is 6. The maximum Gasteiger partial charge on any atom is 0.143 e. The lowest BCUT2D eigenvalue weighted by atomic mass is 10.2. The van der Waals surface area contributed by atoms with E-state index in [9.17, 15) is 0 Å². The van der Waals surface area contributed by atoms with Crippen LogP contribution < -0.4 is 12.4 Å². The Balaban J connectivity index is 0.00000289. The minimum atomic E-state index is 0. The number of thioether (sulfide) groups is 1. The van der Waals surface area contributed by atoms with Crippen molar-refractivity contribution in [2.75, 3.05) is 25.4 Å². The van der Waals surface area contributed by atoms with E-state index in [0.29, 0.717) is 5.04 Å². The molecule has 1 N–H and O–H groups in total. The van der Waals surface area contributed by atoms with Crippen molar-refractivity contribution < 1.29 is 17.6 Å². The Hall–Kier alpha value is -0.710. The lowest BCUT2D eigenvalue weighted by molar-refractivity contribution is -0.00000439. The molecule has 0 amide bonds. The van der Waals surface area contributed by atoms with Crippen molar-refractivity contribution in [3.63, 3.8) is 0 Å². The van der Waals surface area contributed by atoms with E-state index in [1.165, 1.54) is 0 Å². The van der Waals surface area contributed by atoms with E-state index in [2.05, 4.69) is 23.9 Å². The molecule has 102 valence electrons. The van der Waals surface area contributed by atoms with E-state index in [1.807, 2.05) is 30.3 Å². The van der Waals surface area contributed by atoms with Crippen molar-refractivity contribution in [1.29, 1.82) is 0 Å². The molecule has 0 aliphatic heterocycles. The van der Waals surface area contributed by atoms with E-state index < -0.39 is 0 Å². The van der Waals surface area contributed by atoms with Crippen LogP contribution in [0.1, 0.15) is 19.4 Å². The summed E-state index contributed by atoms with van der Waals surface area (Å²) in [5, 5.41) is 13.1. The monoisotopic (exact) mass is 287 g/mol. The Morgan fingerprint density at radius 1 is 1.22 bits per heavy atom. The number of halogens is 1. The molecule has 0 heterocycles. The molecule has 0 bridgehead atoms. The Morgan fingerprint density at radius 3 is 2.33 bits per heavy atom.